The van der Waals surface area contributed by atoms with Crippen LogP contribution in [-0.2, 0) is 16.6 Å². The van der Waals surface area contributed by atoms with Crippen LogP contribution in [0.4, 0.5) is 5.82 Å². The van der Waals surface area contributed by atoms with E-state index in [9.17, 15) is 10.1 Å². The Labute approximate surface area is 228 Å². The van der Waals surface area contributed by atoms with Crippen LogP contribution in [0.25, 0.3) is 11.1 Å². The predicted octanol–water partition coefficient (Wildman–Crippen LogP) is 3.05. The molecule has 0 radical (unpaired) electrons. The van der Waals surface area contributed by atoms with Gasteiger partial charge >= 0.3 is 0 Å². The van der Waals surface area contributed by atoms with Crippen LogP contribution < -0.4 is 10.2 Å². The molecular formula is C29H32N8O2. The fourth-order valence-electron chi connectivity index (χ4n) is 5.30. The predicted molar refractivity (Wildman–Crippen MR) is 150 cm³/mol. The van der Waals surface area contributed by atoms with Gasteiger partial charge in [0.25, 0.3) is 0 Å². The third-order valence-electron chi connectivity index (χ3n) is 7.37. The molecule has 4 heterocycles. The molecule has 2 N–H and O–H groups in total. The molecule has 0 atom stereocenters. The van der Waals surface area contributed by atoms with E-state index in [1.165, 1.54) is 0 Å². The second-order valence-corrected chi connectivity index (χ2v) is 9.80. The van der Waals surface area contributed by atoms with E-state index >= 15 is 0 Å². The lowest BCUT2D eigenvalue weighted by molar-refractivity contribution is -0.127. The number of methoxy groups -OCH3 is 1. The Balaban J connectivity index is 1.32. The summed E-state index contributed by atoms with van der Waals surface area (Å²) in [5, 5.41) is 24.8. The van der Waals surface area contributed by atoms with Crippen LogP contribution in [0.5, 0.6) is 0 Å². The summed E-state index contributed by atoms with van der Waals surface area (Å²) in [4.78, 5) is 22.0. The van der Waals surface area contributed by atoms with E-state index < -0.39 is 0 Å². The average molecular weight is 525 g/mol. The van der Waals surface area contributed by atoms with Gasteiger partial charge in [-0.05, 0) is 43.0 Å². The highest BCUT2D eigenvalue weighted by Crippen LogP contribution is 2.32. The number of amides is 1. The zero-order valence-corrected chi connectivity index (χ0v) is 22.3. The monoisotopic (exact) mass is 524 g/mol. The van der Waals surface area contributed by atoms with Crippen molar-refractivity contribution >= 4 is 29.1 Å². The normalized spacial score (nSPS) is 18.8. The van der Waals surface area contributed by atoms with Gasteiger partial charge in [-0.15, -0.1) is 0 Å². The molecule has 3 aliphatic rings. The standard InChI is InChI=1S/C29H32N8O2/c1-35-18-24(17-34-35)22-12-26(28(33-16-22)23(13-30)14-31)20-6-7-27(32-15-20)36-8-10-37(11-9-36)29(38)25-5-3-4-21(25)19-39-2/h6-7,12-13,15-18,30,33H,3-5,8-11,19H2,1-2H3/b28-23+,30-13?. The quantitative estimate of drug-likeness (QED) is 0.422. The van der Waals surface area contributed by atoms with E-state index in [2.05, 4.69) is 21.4 Å². The van der Waals surface area contributed by atoms with Gasteiger partial charge in [0.1, 0.15) is 11.9 Å². The second-order valence-electron chi connectivity index (χ2n) is 9.80. The van der Waals surface area contributed by atoms with Crippen LogP contribution in [0.2, 0.25) is 0 Å². The zero-order valence-electron chi connectivity index (χ0n) is 22.3. The number of hydrogen-bond donors (Lipinski definition) is 2. The largest absolute Gasteiger partial charge is 0.380 e. The molecule has 10 heteroatoms. The van der Waals surface area contributed by atoms with E-state index in [-0.39, 0.29) is 11.5 Å². The third-order valence-corrected chi connectivity index (χ3v) is 7.37. The van der Waals surface area contributed by atoms with Gasteiger partial charge in [-0.2, -0.15) is 10.4 Å². The average Bonchev–Trinajstić information content (AvgIpc) is 3.63. The summed E-state index contributed by atoms with van der Waals surface area (Å²) >= 11 is 0. The van der Waals surface area contributed by atoms with E-state index in [0.717, 1.165) is 64.7 Å². The first kappa shape index (κ1) is 26.1. The van der Waals surface area contributed by atoms with Crippen molar-refractivity contribution in [1.82, 2.24) is 25.0 Å². The molecule has 0 unspecified atom stereocenters. The topological polar surface area (TPSA) is 123 Å². The number of carbonyl (C=O) groups excluding carboxylic acids is 1. The summed E-state index contributed by atoms with van der Waals surface area (Å²) in [5.74, 6) is 0.993. The highest BCUT2D eigenvalue weighted by molar-refractivity contribution is 5.98. The molecule has 1 saturated heterocycles. The number of nitrogens with zero attached hydrogens (tertiary/aromatic N) is 6. The lowest BCUT2D eigenvalue weighted by atomic mass is 9.94. The maximum Gasteiger partial charge on any atom is 0.249 e. The van der Waals surface area contributed by atoms with Crippen molar-refractivity contribution < 1.29 is 9.53 Å². The molecule has 39 heavy (non-hydrogen) atoms. The SMILES string of the molecule is COCC1=C(C(=O)N2CCN(c3ccc(C4=CC(c5cnn(C)c5)=CN/C4=C(/C#N)C=N)cn3)CC2)CCC1. The van der Waals surface area contributed by atoms with Crippen LogP contribution in [0.1, 0.15) is 30.4 Å². The molecule has 1 fully saturated rings. The van der Waals surface area contributed by atoms with Crippen molar-refractivity contribution in [2.24, 2.45) is 7.05 Å². The fourth-order valence-corrected chi connectivity index (χ4v) is 5.30. The van der Waals surface area contributed by atoms with Crippen LogP contribution in [0, 0.1) is 16.7 Å². The van der Waals surface area contributed by atoms with E-state index in [0.29, 0.717) is 38.5 Å². The maximum absolute atomic E-state index is 13.1. The number of aromatic nitrogens is 3. The van der Waals surface area contributed by atoms with Gasteiger partial charge in [0.15, 0.2) is 0 Å². The number of anilines is 1. The molecule has 1 aliphatic carbocycles. The molecular weight excluding hydrogens is 492 g/mol. The van der Waals surface area contributed by atoms with Crippen molar-refractivity contribution in [3.63, 3.8) is 0 Å². The number of piperazine rings is 1. The Morgan fingerprint density at radius 2 is 2.03 bits per heavy atom. The van der Waals surface area contributed by atoms with Gasteiger partial charge < -0.3 is 25.3 Å². The molecule has 0 saturated carbocycles. The Hall–Kier alpha value is -4.49. The van der Waals surface area contributed by atoms with Gasteiger partial charge in [0.2, 0.25) is 5.91 Å². The minimum absolute atomic E-state index is 0.149. The third kappa shape index (κ3) is 5.40. The lowest BCUT2D eigenvalue weighted by Crippen LogP contribution is -2.49. The number of nitriles is 1. The molecule has 5 rings (SSSR count). The summed E-state index contributed by atoms with van der Waals surface area (Å²) in [7, 11) is 3.54. The van der Waals surface area contributed by atoms with Crippen molar-refractivity contribution in [3.8, 4) is 6.07 Å². The molecule has 200 valence electrons. The van der Waals surface area contributed by atoms with E-state index in [1.54, 1.807) is 24.2 Å². The Kier molecular flexibility index (Phi) is 7.70. The van der Waals surface area contributed by atoms with Crippen molar-refractivity contribution in [3.05, 3.63) is 76.5 Å². The van der Waals surface area contributed by atoms with Crippen LogP contribution in [-0.4, -0.2) is 71.7 Å². The molecule has 2 aromatic heterocycles. The van der Waals surface area contributed by atoms with Crippen LogP contribution in [0.15, 0.2) is 65.4 Å². The summed E-state index contributed by atoms with van der Waals surface area (Å²) in [5.41, 5.74) is 6.35. The minimum Gasteiger partial charge on any atom is -0.380 e. The highest BCUT2D eigenvalue weighted by Gasteiger charge is 2.28. The number of allylic oxidation sites excluding steroid dienone is 4. The molecule has 10 nitrogen and oxygen atoms in total. The molecule has 1 amide bonds. The first-order valence-corrected chi connectivity index (χ1v) is 13.1. The number of nitrogens with one attached hydrogen (secondary N) is 2. The number of ether oxygens (including phenoxy) is 1. The van der Waals surface area contributed by atoms with E-state index in [4.69, 9.17) is 15.1 Å². The van der Waals surface area contributed by atoms with Crippen molar-refractivity contribution in [2.75, 3.05) is 44.8 Å². The maximum atomic E-state index is 13.1. The van der Waals surface area contributed by atoms with Crippen molar-refractivity contribution in [1.29, 1.82) is 10.7 Å². The van der Waals surface area contributed by atoms with Gasteiger partial charge in [-0.3, -0.25) is 9.48 Å². The van der Waals surface area contributed by atoms with Gasteiger partial charge in [-0.25, -0.2) is 4.98 Å². The number of rotatable bonds is 7. The van der Waals surface area contributed by atoms with Gasteiger partial charge in [-0.1, -0.05) is 0 Å². The lowest BCUT2D eigenvalue weighted by Gasteiger charge is -2.36. The van der Waals surface area contributed by atoms with Crippen LogP contribution >= 0.6 is 0 Å². The summed E-state index contributed by atoms with van der Waals surface area (Å²) in [6, 6.07) is 6.06. The number of dihydropyridines is 1. The number of aryl methyl sites for hydroxylation is 1. The molecule has 0 aromatic carbocycles. The number of hydrogen-bond acceptors (Lipinski definition) is 8. The van der Waals surface area contributed by atoms with Crippen LogP contribution in [0.3, 0.4) is 0 Å². The first-order valence-electron chi connectivity index (χ1n) is 13.1. The summed E-state index contributed by atoms with van der Waals surface area (Å²) in [6.07, 6.45) is 13.2. The van der Waals surface area contributed by atoms with E-state index in [1.807, 2.05) is 42.6 Å². The number of carbonyl (C=O) groups is 1. The molecule has 2 aliphatic heterocycles. The smallest absolute Gasteiger partial charge is 0.249 e. The Morgan fingerprint density at radius 1 is 1.21 bits per heavy atom. The molecule has 0 bridgehead atoms. The minimum atomic E-state index is 0.149. The first-order chi connectivity index (χ1) is 19.0. The number of pyridine rings is 1. The van der Waals surface area contributed by atoms with Crippen molar-refractivity contribution in [2.45, 2.75) is 19.3 Å². The Morgan fingerprint density at radius 3 is 2.67 bits per heavy atom. The second kappa shape index (κ2) is 11.5. The zero-order chi connectivity index (χ0) is 27.4. The van der Waals surface area contributed by atoms with Gasteiger partial charge in [0, 0.05) is 93.0 Å². The fraction of sp³-hybridized carbons (Fsp3) is 0.345. The Bertz CT molecular complexity index is 1430. The highest BCUT2D eigenvalue weighted by atomic mass is 16.5. The summed E-state index contributed by atoms with van der Waals surface area (Å²) < 4.78 is 7.03. The van der Waals surface area contributed by atoms with Gasteiger partial charge in [0.05, 0.1) is 24.1 Å². The summed E-state index contributed by atoms with van der Waals surface area (Å²) in [6.45, 7) is 3.26. The molecule has 0 spiro atoms. The molecule has 2 aromatic rings.